The van der Waals surface area contributed by atoms with Crippen molar-refractivity contribution in [1.29, 1.82) is 0 Å². The fraction of sp³-hybridized carbons (Fsp3) is 0.455. The number of fused-ring (bicyclic) bond motifs is 15. The molecule has 5 aromatic carbocycles. The largest absolute Gasteiger partial charge is 0.438 e. The highest BCUT2D eigenvalue weighted by atomic mass is 16.5. The van der Waals surface area contributed by atoms with Gasteiger partial charge in [-0.3, -0.25) is 34.3 Å². The number of carbonyl (C=O) groups is 2. The quantitative estimate of drug-likeness (QED) is 0.0436. The number of para-hydroxylation sites is 1. The van der Waals surface area contributed by atoms with Gasteiger partial charge in [-0.1, -0.05) is 206 Å². The molecule has 24 heteroatoms. The molecule has 0 saturated carbocycles. The topological polar surface area (TPSA) is 265 Å². The molecule has 10 bridgehead atoms. The van der Waals surface area contributed by atoms with Gasteiger partial charge in [0.1, 0.15) is 68.6 Å². The van der Waals surface area contributed by atoms with Crippen molar-refractivity contribution in [3.8, 4) is 82.1 Å². The van der Waals surface area contributed by atoms with Gasteiger partial charge in [-0.25, -0.2) is 15.0 Å². The zero-order valence-corrected chi connectivity index (χ0v) is 85.3. The Hall–Kier alpha value is -12.5. The van der Waals surface area contributed by atoms with Gasteiger partial charge in [0.25, 0.3) is 0 Å². The molecule has 18 saturated heterocycles. The van der Waals surface area contributed by atoms with Crippen molar-refractivity contribution >= 4 is 34.8 Å². The van der Waals surface area contributed by atoms with Crippen LogP contribution >= 0.6 is 0 Å². The maximum atomic E-state index is 11.6. The standard InChI is InChI=1S/C26H29N3O2.C25H28N2O2.C24H27N3O3.C24H27N3O2.C24H29N3O/c30-23-11-16-29(17-12-23)25-7-6-21(24(27-25)18-20-4-2-1-3-5-20)8-13-26(31)19-28-14-9-22(26)10-15-28;1-19(28)7-9-23-10-8-21(24(26-23)17-20-5-3-2-4-6-20)11-14-25(29)18-27-15-12-22(25)13-16-27;28-24(18-26-12-9-20(24)10-13-26)11-8-19-6-7-22(27-14-16-29-17-15-27)25-23(19)30-21-4-2-1-3-5-21;28-24(18-26-12-9-21(24)10-13-26)11-8-20-6-7-22(27-14-16-29-17-15-27)25-23(20)19-4-2-1-3-5-19;1-2-14-25-23-9-8-20(22(26-23)17-19-6-4-3-5-7-19)10-13-24(28)18-27-15-11-21(24)12-16-27/h1-7,22,31H,9-12,14-19H2;2-6,8,10,22,29H,7,9,12-13,15-18H2,1H3;1-7,20,28H,9-10,12-18H2;1-7,21,28H,9-10,12-18H2;3-9,21,28H,2,11-12,14-18H2,1H3,(H,25,26). The summed E-state index contributed by atoms with van der Waals surface area (Å²) in [5.74, 6) is 39.1. The predicted molar refractivity (Wildman–Crippen MR) is 576 cm³/mol. The Labute approximate surface area is 867 Å². The van der Waals surface area contributed by atoms with E-state index in [0.717, 1.165) is 281 Å². The highest BCUT2D eigenvalue weighted by Crippen LogP contribution is 2.42. The van der Waals surface area contributed by atoms with E-state index in [2.05, 4.69) is 177 Å². The molecule has 5 aromatic heterocycles. The van der Waals surface area contributed by atoms with Gasteiger partial charge in [0, 0.05) is 175 Å². The first kappa shape index (κ1) is 103. The van der Waals surface area contributed by atoms with E-state index in [1.165, 1.54) is 16.7 Å². The molecule has 5 atom stereocenters. The van der Waals surface area contributed by atoms with Crippen LogP contribution in [0.25, 0.3) is 11.3 Å². The molecule has 0 aliphatic carbocycles. The van der Waals surface area contributed by atoms with Crippen LogP contribution in [0.4, 0.5) is 23.3 Å². The molecule has 10 aromatic rings. The summed E-state index contributed by atoms with van der Waals surface area (Å²) in [6.07, 6.45) is 15.7. The Morgan fingerprint density at radius 2 is 0.707 bits per heavy atom. The number of Topliss-reactive ketones (excluding diaryl/α,β-unsaturated/α-hetero) is 2. The van der Waals surface area contributed by atoms with Crippen LogP contribution in [0.2, 0.25) is 0 Å². The Kier molecular flexibility index (Phi) is 33.8. The van der Waals surface area contributed by atoms with E-state index in [0.29, 0.717) is 113 Å². The van der Waals surface area contributed by atoms with Crippen molar-refractivity contribution < 1.29 is 49.3 Å². The van der Waals surface area contributed by atoms with Gasteiger partial charge in [0.05, 0.1) is 60.3 Å². The number of ketones is 2. The minimum atomic E-state index is -0.955. The second-order valence-electron chi connectivity index (χ2n) is 42.0. The number of carbonyl (C=O) groups excluding carboxylic acids is 2. The molecule has 5 unspecified atom stereocenters. The van der Waals surface area contributed by atoms with Crippen LogP contribution in [0, 0.1) is 88.8 Å². The third-order valence-electron chi connectivity index (χ3n) is 31.7. The Balaban J connectivity index is 0.000000116. The van der Waals surface area contributed by atoms with Gasteiger partial charge in [-0.15, -0.1) is 0 Å². The Morgan fingerprint density at radius 3 is 1.10 bits per heavy atom. The predicted octanol–water partition coefficient (Wildman–Crippen LogP) is 13.9. The van der Waals surface area contributed by atoms with Crippen molar-refractivity contribution in [2.75, 3.05) is 190 Å². The summed E-state index contributed by atoms with van der Waals surface area (Å²) in [4.78, 5) is 65.6. The molecule has 6 N–H and O–H groups in total. The van der Waals surface area contributed by atoms with Gasteiger partial charge in [0.2, 0.25) is 5.88 Å². The first-order chi connectivity index (χ1) is 71.7. The number of aromatic nitrogens is 5. The fourth-order valence-corrected chi connectivity index (χ4v) is 22.9. The van der Waals surface area contributed by atoms with Crippen LogP contribution in [0.3, 0.4) is 0 Å². The third kappa shape index (κ3) is 26.6. The number of piperidine rings is 16. The number of hydrogen-bond acceptors (Lipinski definition) is 24. The maximum absolute atomic E-state index is 11.6. The molecule has 0 amide bonds. The van der Waals surface area contributed by atoms with Gasteiger partial charge < -0.3 is 64.6 Å². The van der Waals surface area contributed by atoms with Crippen LogP contribution in [0.1, 0.15) is 171 Å². The number of anilines is 4. The smallest absolute Gasteiger partial charge is 0.237 e. The van der Waals surface area contributed by atoms with Gasteiger partial charge in [0.15, 0.2) is 0 Å². The van der Waals surface area contributed by atoms with E-state index in [4.69, 9.17) is 39.1 Å². The monoisotopic (exact) mass is 1970 g/mol. The summed E-state index contributed by atoms with van der Waals surface area (Å²) in [5, 5.41) is 59.2. The molecule has 18 fully saturated rings. The summed E-state index contributed by atoms with van der Waals surface area (Å²) in [6, 6.07) is 70.8. The van der Waals surface area contributed by atoms with Gasteiger partial charge in [-0.05, 0) is 239 Å². The second-order valence-corrected chi connectivity index (χ2v) is 42.0. The van der Waals surface area contributed by atoms with Gasteiger partial charge >= 0.3 is 0 Å². The summed E-state index contributed by atoms with van der Waals surface area (Å²) in [5.41, 5.74) is 8.85. The molecule has 18 aliphatic heterocycles. The minimum absolute atomic E-state index is 0.171. The highest BCUT2D eigenvalue weighted by molar-refractivity contribution is 5.81. The Morgan fingerprint density at radius 1 is 0.374 bits per heavy atom. The van der Waals surface area contributed by atoms with Crippen molar-refractivity contribution in [2.24, 2.45) is 29.6 Å². The lowest BCUT2D eigenvalue weighted by Crippen LogP contribution is -2.58. The first-order valence-electron chi connectivity index (χ1n) is 53.6. The SMILES string of the molecule is CC(=O)CCc1ccc(C#CC2(O)CN3CCC2CC3)c(Cc2ccccc2)n1.CCCNc1ccc(C#CC2(O)CN3CCC2CC3)c(Cc2ccccc2)n1.O=C1CCN(c2ccc(C#CC3(O)CN4CCC3CC4)c(Cc3ccccc3)n2)CC1.OC1(C#Cc2ccc(N3CCOCC3)nc2-c2ccccc2)CN2CCC1CC2.OC1(C#Cc2ccc(N3CCOCC3)nc2Oc2ccccc2)CN2CCC1CC2. The molecule has 28 rings (SSSR count). The summed E-state index contributed by atoms with van der Waals surface area (Å²) in [6.45, 7) is 26.3. The summed E-state index contributed by atoms with van der Waals surface area (Å²) < 4.78 is 17.0. The number of nitrogens with zero attached hydrogens (tertiary/aromatic N) is 13. The number of benzene rings is 5. The van der Waals surface area contributed by atoms with Crippen molar-refractivity contribution in [1.82, 2.24) is 49.4 Å². The Bertz CT molecular complexity index is 6490. The lowest BCUT2D eigenvalue weighted by atomic mass is 9.75. The van der Waals surface area contributed by atoms with Crippen molar-refractivity contribution in [2.45, 2.75) is 157 Å². The van der Waals surface area contributed by atoms with E-state index in [1.807, 2.05) is 146 Å². The van der Waals surface area contributed by atoms with Crippen LogP contribution in [-0.4, -0.2) is 285 Å². The van der Waals surface area contributed by atoms with Crippen LogP contribution < -0.4 is 24.8 Å². The minimum Gasteiger partial charge on any atom is -0.438 e. The van der Waals surface area contributed by atoms with E-state index in [-0.39, 0.29) is 29.5 Å². The molecule has 0 radical (unpaired) electrons. The number of aliphatic hydroxyl groups is 5. The van der Waals surface area contributed by atoms with Crippen LogP contribution in [-0.2, 0) is 44.7 Å². The van der Waals surface area contributed by atoms with Gasteiger partial charge in [-0.2, -0.15) is 4.98 Å². The van der Waals surface area contributed by atoms with Crippen LogP contribution in [0.5, 0.6) is 11.6 Å². The van der Waals surface area contributed by atoms with Crippen molar-refractivity contribution in [3.63, 3.8) is 0 Å². The molecular weight excluding hydrogens is 1830 g/mol. The number of pyridine rings is 5. The molecule has 18 aliphatic rings. The van der Waals surface area contributed by atoms with E-state index >= 15 is 0 Å². The highest BCUT2D eigenvalue weighted by Gasteiger charge is 2.49. The van der Waals surface area contributed by atoms with E-state index in [1.54, 1.807) is 6.92 Å². The third-order valence-corrected chi connectivity index (χ3v) is 31.7. The molecular formula is C123H140N14O10. The maximum Gasteiger partial charge on any atom is 0.237 e. The lowest BCUT2D eigenvalue weighted by molar-refractivity contribution is -0.119. The van der Waals surface area contributed by atoms with E-state index < -0.39 is 28.0 Å². The molecule has 23 heterocycles. The number of morpholine rings is 2. The summed E-state index contributed by atoms with van der Waals surface area (Å²) in [7, 11) is 0. The van der Waals surface area contributed by atoms with Crippen LogP contribution in [0.15, 0.2) is 212 Å². The second kappa shape index (κ2) is 48.2. The van der Waals surface area contributed by atoms with E-state index in [9.17, 15) is 35.1 Å². The molecule has 0 spiro atoms. The number of aryl methyl sites for hydroxylation is 1. The molecule has 24 nitrogen and oxygen atoms in total. The average molecular weight is 1970 g/mol. The normalized spacial score (nSPS) is 27.1. The summed E-state index contributed by atoms with van der Waals surface area (Å²) >= 11 is 0. The molecule has 147 heavy (non-hydrogen) atoms. The fourth-order valence-electron chi connectivity index (χ4n) is 22.9. The number of ether oxygens (including phenoxy) is 3. The number of nitrogens with one attached hydrogen (secondary N) is 1. The van der Waals surface area contributed by atoms with Crippen molar-refractivity contribution in [3.05, 3.63) is 280 Å². The number of hydrogen-bond donors (Lipinski definition) is 6. The zero-order valence-electron chi connectivity index (χ0n) is 85.3. The molecule has 762 valence electrons. The number of rotatable bonds is 18. The zero-order chi connectivity index (χ0) is 101. The average Bonchev–Trinajstić information content (AvgIpc) is 0.788. The lowest BCUT2D eigenvalue weighted by Gasteiger charge is -2.47. The first-order valence-corrected chi connectivity index (χ1v) is 53.6.